The van der Waals surface area contributed by atoms with Crippen molar-refractivity contribution in [1.82, 2.24) is 4.90 Å². The van der Waals surface area contributed by atoms with E-state index in [-0.39, 0.29) is 17.0 Å². The van der Waals surface area contributed by atoms with Crippen LogP contribution in [0.2, 0.25) is 0 Å². The fourth-order valence-corrected chi connectivity index (χ4v) is 2.49. The van der Waals surface area contributed by atoms with E-state index >= 15 is 0 Å². The third-order valence-corrected chi connectivity index (χ3v) is 3.69. The Labute approximate surface area is 129 Å². The summed E-state index contributed by atoms with van der Waals surface area (Å²) in [4.78, 5) is 24.3. The molecular formula is C15H20N2O5. The van der Waals surface area contributed by atoms with Crippen LogP contribution in [-0.4, -0.2) is 49.1 Å². The number of piperidine rings is 1. The van der Waals surface area contributed by atoms with Gasteiger partial charge < -0.3 is 9.47 Å². The third-order valence-electron chi connectivity index (χ3n) is 3.69. The first kappa shape index (κ1) is 16.2. The number of hydrogen-bond donors (Lipinski definition) is 0. The van der Waals surface area contributed by atoms with Gasteiger partial charge in [-0.1, -0.05) is 6.42 Å². The van der Waals surface area contributed by atoms with Gasteiger partial charge in [0.05, 0.1) is 17.6 Å². The largest absolute Gasteiger partial charge is 0.485 e. The molecule has 1 aromatic rings. The summed E-state index contributed by atoms with van der Waals surface area (Å²) >= 11 is 0. The Kier molecular flexibility index (Phi) is 5.71. The molecule has 0 saturated carbocycles. The van der Waals surface area contributed by atoms with Crippen molar-refractivity contribution in [3.8, 4) is 5.75 Å². The molecule has 1 fully saturated rings. The van der Waals surface area contributed by atoms with Gasteiger partial charge in [0.25, 0.3) is 0 Å². The monoisotopic (exact) mass is 308 g/mol. The molecule has 1 heterocycles. The SMILES string of the molecule is COC(=O)c1ccc(OCCN2CCCCC2)c([N+](=O)[O-])c1. The normalized spacial score (nSPS) is 15.3. The van der Waals surface area contributed by atoms with Gasteiger partial charge in [-0.05, 0) is 38.1 Å². The van der Waals surface area contributed by atoms with Gasteiger partial charge in [0.2, 0.25) is 0 Å². The number of nitro benzene ring substituents is 1. The highest BCUT2D eigenvalue weighted by molar-refractivity contribution is 5.90. The Morgan fingerprint density at radius 3 is 2.68 bits per heavy atom. The van der Waals surface area contributed by atoms with Crippen LogP contribution in [0.3, 0.4) is 0 Å². The van der Waals surface area contributed by atoms with E-state index in [0.29, 0.717) is 6.61 Å². The van der Waals surface area contributed by atoms with Crippen molar-refractivity contribution in [2.24, 2.45) is 0 Å². The molecule has 0 unspecified atom stereocenters. The van der Waals surface area contributed by atoms with Gasteiger partial charge in [0.1, 0.15) is 6.61 Å². The van der Waals surface area contributed by atoms with Crippen LogP contribution in [0.1, 0.15) is 29.6 Å². The Morgan fingerprint density at radius 2 is 2.05 bits per heavy atom. The minimum absolute atomic E-state index is 0.137. The van der Waals surface area contributed by atoms with Crippen LogP contribution in [0.4, 0.5) is 5.69 Å². The number of nitrogens with zero attached hydrogens (tertiary/aromatic N) is 2. The number of methoxy groups -OCH3 is 1. The van der Waals surface area contributed by atoms with E-state index in [0.717, 1.165) is 19.6 Å². The molecule has 1 aromatic carbocycles. The van der Waals surface area contributed by atoms with Crippen molar-refractivity contribution in [1.29, 1.82) is 0 Å². The zero-order valence-electron chi connectivity index (χ0n) is 12.6. The van der Waals surface area contributed by atoms with E-state index < -0.39 is 10.9 Å². The van der Waals surface area contributed by atoms with Crippen molar-refractivity contribution in [2.45, 2.75) is 19.3 Å². The van der Waals surface area contributed by atoms with Crippen LogP contribution < -0.4 is 4.74 Å². The molecule has 7 nitrogen and oxygen atoms in total. The van der Waals surface area contributed by atoms with Crippen molar-refractivity contribution >= 4 is 11.7 Å². The predicted octanol–water partition coefficient (Wildman–Crippen LogP) is 2.25. The predicted molar refractivity (Wildman–Crippen MR) is 80.2 cm³/mol. The number of esters is 1. The topological polar surface area (TPSA) is 81.9 Å². The smallest absolute Gasteiger partial charge is 0.338 e. The van der Waals surface area contributed by atoms with Crippen LogP contribution in [0.25, 0.3) is 0 Å². The zero-order valence-corrected chi connectivity index (χ0v) is 12.6. The number of nitro groups is 1. The minimum Gasteiger partial charge on any atom is -0.485 e. The number of carbonyl (C=O) groups excluding carboxylic acids is 1. The lowest BCUT2D eigenvalue weighted by atomic mass is 10.1. The number of carbonyl (C=O) groups is 1. The summed E-state index contributed by atoms with van der Waals surface area (Å²) in [7, 11) is 1.23. The Hall–Kier alpha value is -2.15. The number of hydrogen-bond acceptors (Lipinski definition) is 6. The summed E-state index contributed by atoms with van der Waals surface area (Å²) in [6.07, 6.45) is 3.64. The molecule has 7 heteroatoms. The molecule has 1 aliphatic heterocycles. The maximum atomic E-state index is 11.4. The second-order valence-electron chi connectivity index (χ2n) is 5.18. The third kappa shape index (κ3) is 4.17. The molecule has 0 atom stereocenters. The second kappa shape index (κ2) is 7.74. The summed E-state index contributed by atoms with van der Waals surface area (Å²) in [5.41, 5.74) is -0.0841. The van der Waals surface area contributed by atoms with Gasteiger partial charge >= 0.3 is 11.7 Å². The average molecular weight is 308 g/mol. The highest BCUT2D eigenvalue weighted by Gasteiger charge is 2.19. The minimum atomic E-state index is -0.608. The van der Waals surface area contributed by atoms with Gasteiger partial charge in [0, 0.05) is 12.6 Å². The fourth-order valence-electron chi connectivity index (χ4n) is 2.49. The standard InChI is InChI=1S/C15H20N2O5/c1-21-15(18)12-5-6-14(13(11-12)17(19)20)22-10-9-16-7-3-2-4-8-16/h5-6,11H,2-4,7-10H2,1H3. The zero-order chi connectivity index (χ0) is 15.9. The number of ether oxygens (including phenoxy) is 2. The van der Waals surface area contributed by atoms with Crippen LogP contribution in [0.5, 0.6) is 5.75 Å². The molecule has 0 spiro atoms. The first-order chi connectivity index (χ1) is 10.6. The van der Waals surface area contributed by atoms with E-state index in [1.165, 1.54) is 44.6 Å². The van der Waals surface area contributed by atoms with Crippen molar-refractivity contribution < 1.29 is 19.2 Å². The summed E-state index contributed by atoms with van der Waals surface area (Å²) < 4.78 is 10.1. The lowest BCUT2D eigenvalue weighted by molar-refractivity contribution is -0.385. The molecule has 2 rings (SSSR count). The molecule has 120 valence electrons. The van der Waals surface area contributed by atoms with E-state index in [4.69, 9.17) is 4.74 Å². The van der Waals surface area contributed by atoms with Gasteiger partial charge in [-0.3, -0.25) is 15.0 Å². The average Bonchev–Trinajstić information content (AvgIpc) is 2.55. The summed E-state index contributed by atoms with van der Waals surface area (Å²) in [6, 6.07) is 4.09. The summed E-state index contributed by atoms with van der Waals surface area (Å²) in [5.74, 6) is -0.433. The molecule has 0 aromatic heterocycles. The van der Waals surface area contributed by atoms with Gasteiger partial charge in [-0.25, -0.2) is 4.79 Å². The Balaban J connectivity index is 1.99. The van der Waals surface area contributed by atoms with Gasteiger partial charge in [-0.15, -0.1) is 0 Å². The van der Waals surface area contributed by atoms with Crippen LogP contribution in [0.15, 0.2) is 18.2 Å². The van der Waals surface area contributed by atoms with Crippen molar-refractivity contribution in [3.05, 3.63) is 33.9 Å². The first-order valence-corrected chi connectivity index (χ1v) is 7.33. The molecule has 0 amide bonds. The maximum Gasteiger partial charge on any atom is 0.338 e. The molecule has 0 aliphatic carbocycles. The Morgan fingerprint density at radius 1 is 1.32 bits per heavy atom. The lowest BCUT2D eigenvalue weighted by Gasteiger charge is -2.26. The number of likely N-dealkylation sites (tertiary alicyclic amines) is 1. The molecule has 22 heavy (non-hydrogen) atoms. The highest BCUT2D eigenvalue weighted by Crippen LogP contribution is 2.28. The number of rotatable bonds is 6. The summed E-state index contributed by atoms with van der Waals surface area (Å²) in [5, 5.41) is 11.1. The van der Waals surface area contributed by atoms with Gasteiger partial charge in [0.15, 0.2) is 5.75 Å². The first-order valence-electron chi connectivity index (χ1n) is 7.33. The molecular weight excluding hydrogens is 288 g/mol. The highest BCUT2D eigenvalue weighted by atomic mass is 16.6. The molecule has 0 N–H and O–H groups in total. The van der Waals surface area contributed by atoms with E-state index in [1.807, 2.05) is 0 Å². The van der Waals surface area contributed by atoms with E-state index in [9.17, 15) is 14.9 Å². The molecule has 0 bridgehead atoms. The van der Waals surface area contributed by atoms with Crippen molar-refractivity contribution in [2.75, 3.05) is 33.4 Å². The Bertz CT molecular complexity index is 541. The molecule has 0 radical (unpaired) electrons. The van der Waals surface area contributed by atoms with E-state index in [2.05, 4.69) is 9.64 Å². The van der Waals surface area contributed by atoms with E-state index in [1.54, 1.807) is 0 Å². The molecule has 1 aliphatic rings. The van der Waals surface area contributed by atoms with Crippen LogP contribution in [-0.2, 0) is 4.74 Å². The van der Waals surface area contributed by atoms with Crippen molar-refractivity contribution in [3.63, 3.8) is 0 Å². The summed E-state index contributed by atoms with van der Waals surface area (Å²) in [6.45, 7) is 3.23. The lowest BCUT2D eigenvalue weighted by Crippen LogP contribution is -2.33. The van der Waals surface area contributed by atoms with Crippen LogP contribution in [0, 0.1) is 10.1 Å². The fraction of sp³-hybridized carbons (Fsp3) is 0.533. The number of benzene rings is 1. The van der Waals surface area contributed by atoms with Crippen LogP contribution >= 0.6 is 0 Å². The molecule has 1 saturated heterocycles. The quantitative estimate of drug-likeness (QED) is 0.455. The maximum absolute atomic E-state index is 11.4. The second-order valence-corrected chi connectivity index (χ2v) is 5.18. The van der Waals surface area contributed by atoms with Gasteiger partial charge in [-0.2, -0.15) is 0 Å².